The quantitative estimate of drug-likeness (QED) is 0.346. The van der Waals surface area contributed by atoms with Crippen LogP contribution in [-0.4, -0.2) is 22.5 Å². The second-order valence-corrected chi connectivity index (χ2v) is 8.13. The first-order valence-corrected chi connectivity index (χ1v) is 11.1. The number of carbonyl (C=O) groups is 2. The minimum Gasteiger partial charge on any atom is -0.480 e. The summed E-state index contributed by atoms with van der Waals surface area (Å²) >= 11 is 0. The van der Waals surface area contributed by atoms with E-state index in [1.165, 1.54) is 51.4 Å². The van der Waals surface area contributed by atoms with Crippen LogP contribution in [0.15, 0.2) is 30.3 Å². The lowest BCUT2D eigenvalue weighted by Crippen LogP contribution is -2.53. The van der Waals surface area contributed by atoms with Crippen molar-refractivity contribution in [3.05, 3.63) is 35.9 Å². The summed E-state index contributed by atoms with van der Waals surface area (Å²) < 4.78 is 0. The van der Waals surface area contributed by atoms with Crippen LogP contribution in [-0.2, 0) is 16.0 Å². The van der Waals surface area contributed by atoms with Crippen LogP contribution >= 0.6 is 0 Å². The average Bonchev–Trinajstić information content (AvgIpc) is 2.66. The molecule has 0 heterocycles. The maximum atomic E-state index is 12.2. The van der Waals surface area contributed by atoms with Crippen LogP contribution in [0.1, 0.15) is 96.5 Å². The minimum absolute atomic E-state index is 0.170. The SMILES string of the molecule is CCCCCCCCCCCCCC(=O)N[C@@](C)(Cc1ccccc1)C(=O)O. The molecule has 0 saturated carbocycles. The molecule has 0 spiro atoms. The van der Waals surface area contributed by atoms with E-state index in [2.05, 4.69) is 12.2 Å². The zero-order valence-corrected chi connectivity index (χ0v) is 17.8. The zero-order chi connectivity index (χ0) is 20.7. The molecule has 1 aromatic rings. The molecule has 1 amide bonds. The van der Waals surface area contributed by atoms with Gasteiger partial charge in [-0.1, -0.05) is 101 Å². The molecule has 0 bridgehead atoms. The van der Waals surface area contributed by atoms with Gasteiger partial charge in [0.05, 0.1) is 0 Å². The van der Waals surface area contributed by atoms with Crippen molar-refractivity contribution < 1.29 is 14.7 Å². The molecule has 0 unspecified atom stereocenters. The highest BCUT2D eigenvalue weighted by atomic mass is 16.4. The predicted octanol–water partition coefficient (Wildman–Crippen LogP) is 5.89. The highest BCUT2D eigenvalue weighted by Gasteiger charge is 2.34. The van der Waals surface area contributed by atoms with Gasteiger partial charge in [-0.15, -0.1) is 0 Å². The molecule has 1 rings (SSSR count). The van der Waals surface area contributed by atoms with Gasteiger partial charge in [-0.2, -0.15) is 0 Å². The molecule has 0 saturated heterocycles. The van der Waals surface area contributed by atoms with Crippen LogP contribution in [0.4, 0.5) is 0 Å². The molecule has 0 aliphatic rings. The average molecular weight is 390 g/mol. The summed E-state index contributed by atoms with van der Waals surface area (Å²) in [6.45, 7) is 3.83. The highest BCUT2D eigenvalue weighted by Crippen LogP contribution is 2.15. The van der Waals surface area contributed by atoms with E-state index >= 15 is 0 Å². The lowest BCUT2D eigenvalue weighted by molar-refractivity contribution is -0.146. The fourth-order valence-corrected chi connectivity index (χ4v) is 3.50. The van der Waals surface area contributed by atoms with Gasteiger partial charge in [0.1, 0.15) is 5.54 Å². The van der Waals surface area contributed by atoms with E-state index in [0.717, 1.165) is 24.8 Å². The summed E-state index contributed by atoms with van der Waals surface area (Å²) in [4.78, 5) is 23.9. The largest absolute Gasteiger partial charge is 0.480 e. The Balaban J connectivity index is 2.17. The highest BCUT2D eigenvalue weighted by molar-refractivity contribution is 5.86. The zero-order valence-electron chi connectivity index (χ0n) is 17.8. The van der Waals surface area contributed by atoms with E-state index in [1.807, 2.05) is 30.3 Å². The van der Waals surface area contributed by atoms with Gasteiger partial charge in [0.25, 0.3) is 0 Å². The number of nitrogens with one attached hydrogen (secondary N) is 1. The second-order valence-electron chi connectivity index (χ2n) is 8.13. The first-order valence-electron chi connectivity index (χ1n) is 11.1. The van der Waals surface area contributed by atoms with E-state index in [-0.39, 0.29) is 12.3 Å². The molecule has 0 aliphatic carbocycles. The van der Waals surface area contributed by atoms with Gasteiger partial charge < -0.3 is 10.4 Å². The molecule has 1 aromatic carbocycles. The van der Waals surface area contributed by atoms with Gasteiger partial charge in [-0.25, -0.2) is 4.79 Å². The van der Waals surface area contributed by atoms with Crippen molar-refractivity contribution in [2.24, 2.45) is 0 Å². The first kappa shape index (κ1) is 24.2. The normalized spacial score (nSPS) is 13.1. The molecular formula is C24H39NO3. The predicted molar refractivity (Wildman–Crippen MR) is 115 cm³/mol. The van der Waals surface area contributed by atoms with Crippen molar-refractivity contribution in [3.63, 3.8) is 0 Å². The van der Waals surface area contributed by atoms with Crippen molar-refractivity contribution >= 4 is 11.9 Å². The summed E-state index contributed by atoms with van der Waals surface area (Å²) in [5, 5.41) is 12.3. The van der Waals surface area contributed by atoms with E-state index in [4.69, 9.17) is 0 Å². The number of unbranched alkanes of at least 4 members (excludes halogenated alkanes) is 10. The number of carboxylic acid groups (broad SMARTS) is 1. The Morgan fingerprint density at radius 3 is 1.86 bits per heavy atom. The van der Waals surface area contributed by atoms with E-state index in [1.54, 1.807) is 6.92 Å². The van der Waals surface area contributed by atoms with Gasteiger partial charge in [-0.05, 0) is 18.9 Å². The number of rotatable bonds is 16. The van der Waals surface area contributed by atoms with Crippen molar-refractivity contribution in [2.45, 2.75) is 103 Å². The van der Waals surface area contributed by atoms with Gasteiger partial charge in [0.2, 0.25) is 5.91 Å². The Labute approximate surface area is 171 Å². The Bertz CT molecular complexity index is 558. The fraction of sp³-hybridized carbons (Fsp3) is 0.667. The van der Waals surface area contributed by atoms with Crippen molar-refractivity contribution in [3.8, 4) is 0 Å². The first-order chi connectivity index (χ1) is 13.5. The Kier molecular flexibility index (Phi) is 12.3. The molecular weight excluding hydrogens is 350 g/mol. The number of hydrogen-bond donors (Lipinski definition) is 2. The van der Waals surface area contributed by atoms with Crippen molar-refractivity contribution in [1.82, 2.24) is 5.32 Å². The van der Waals surface area contributed by atoms with Crippen LogP contribution in [0.2, 0.25) is 0 Å². The molecule has 4 nitrogen and oxygen atoms in total. The molecule has 0 fully saturated rings. The number of carbonyl (C=O) groups excluding carboxylic acids is 1. The molecule has 0 radical (unpaired) electrons. The van der Waals surface area contributed by atoms with Crippen LogP contribution in [0, 0.1) is 0 Å². The second kappa shape index (κ2) is 14.2. The summed E-state index contributed by atoms with van der Waals surface area (Å²) in [7, 11) is 0. The molecule has 0 aliphatic heterocycles. The summed E-state index contributed by atoms with van der Waals surface area (Å²) in [5.41, 5.74) is -0.363. The maximum Gasteiger partial charge on any atom is 0.329 e. The third-order valence-electron chi connectivity index (χ3n) is 5.30. The van der Waals surface area contributed by atoms with Gasteiger partial charge >= 0.3 is 5.97 Å². The van der Waals surface area contributed by atoms with Gasteiger partial charge in [0.15, 0.2) is 0 Å². The summed E-state index contributed by atoms with van der Waals surface area (Å²) in [5.74, 6) is -1.17. The van der Waals surface area contributed by atoms with Crippen molar-refractivity contribution in [1.29, 1.82) is 0 Å². The fourth-order valence-electron chi connectivity index (χ4n) is 3.50. The molecule has 0 aromatic heterocycles. The maximum absolute atomic E-state index is 12.2. The smallest absolute Gasteiger partial charge is 0.329 e. The molecule has 4 heteroatoms. The Hall–Kier alpha value is -1.84. The lowest BCUT2D eigenvalue weighted by Gasteiger charge is -2.26. The standard InChI is InChI=1S/C24H39NO3/c1-3-4-5-6-7-8-9-10-11-12-16-19-22(26)25-24(2,23(27)28)20-21-17-14-13-15-18-21/h13-15,17-18H,3-12,16,19-20H2,1-2H3,(H,25,26)(H,27,28)/t24-/m0/s1. The number of aliphatic carboxylic acids is 1. The Morgan fingerprint density at radius 2 is 1.36 bits per heavy atom. The van der Waals surface area contributed by atoms with E-state index in [9.17, 15) is 14.7 Å². The summed E-state index contributed by atoms with van der Waals surface area (Å²) in [6, 6.07) is 9.43. The van der Waals surface area contributed by atoms with Gasteiger partial charge in [-0.3, -0.25) is 4.79 Å². The third kappa shape index (κ3) is 10.5. The minimum atomic E-state index is -1.27. The molecule has 28 heavy (non-hydrogen) atoms. The third-order valence-corrected chi connectivity index (χ3v) is 5.30. The van der Waals surface area contributed by atoms with Crippen LogP contribution in [0.3, 0.4) is 0 Å². The number of carboxylic acids is 1. The summed E-state index contributed by atoms with van der Waals surface area (Å²) in [6.07, 6.45) is 14.3. The Morgan fingerprint density at radius 1 is 0.857 bits per heavy atom. The van der Waals surface area contributed by atoms with Crippen LogP contribution < -0.4 is 5.32 Å². The lowest BCUT2D eigenvalue weighted by atomic mass is 9.92. The number of benzene rings is 1. The number of amides is 1. The molecule has 158 valence electrons. The molecule has 2 N–H and O–H groups in total. The van der Waals surface area contributed by atoms with Gasteiger partial charge in [0, 0.05) is 12.8 Å². The number of hydrogen-bond acceptors (Lipinski definition) is 2. The van der Waals surface area contributed by atoms with E-state index < -0.39 is 11.5 Å². The topological polar surface area (TPSA) is 66.4 Å². The molecule has 1 atom stereocenters. The van der Waals surface area contributed by atoms with Crippen LogP contribution in [0.5, 0.6) is 0 Å². The van der Waals surface area contributed by atoms with Crippen molar-refractivity contribution in [2.75, 3.05) is 0 Å². The van der Waals surface area contributed by atoms with Crippen LogP contribution in [0.25, 0.3) is 0 Å². The monoisotopic (exact) mass is 389 g/mol. The van der Waals surface area contributed by atoms with E-state index in [0.29, 0.717) is 6.42 Å².